The lowest BCUT2D eigenvalue weighted by Crippen LogP contribution is -2.50. The number of anilines is 2. The highest BCUT2D eigenvalue weighted by atomic mass is 35.5. The molecule has 1 aromatic heterocycles. The molecule has 33 heavy (non-hydrogen) atoms. The second-order valence-electron chi connectivity index (χ2n) is 7.94. The summed E-state index contributed by atoms with van der Waals surface area (Å²) in [5.41, 5.74) is 6.09. The molecule has 2 aliphatic rings. The van der Waals surface area contributed by atoms with Crippen LogP contribution in [-0.2, 0) is 29.5 Å². The van der Waals surface area contributed by atoms with E-state index >= 15 is 0 Å². The van der Waals surface area contributed by atoms with Gasteiger partial charge < -0.3 is 16.4 Å². The molecule has 1 fully saturated rings. The molecule has 0 saturated carbocycles. The number of alkyl halides is 3. The number of hydrogen-bond donors (Lipinski definition) is 3. The molecule has 4 rings (SSSR count). The number of piperazine rings is 1. The van der Waals surface area contributed by atoms with Crippen LogP contribution in [0.25, 0.3) is 0 Å². The van der Waals surface area contributed by atoms with Crippen LogP contribution in [0.1, 0.15) is 35.3 Å². The molecule has 14 heteroatoms. The van der Waals surface area contributed by atoms with E-state index in [9.17, 15) is 21.6 Å². The minimum Gasteiger partial charge on any atom is -0.399 e. The van der Waals surface area contributed by atoms with E-state index < -0.39 is 28.0 Å². The topological polar surface area (TPSA) is 116 Å². The Bertz CT molecular complexity index is 1160. The Morgan fingerprint density at radius 1 is 1.15 bits per heavy atom. The van der Waals surface area contributed by atoms with Gasteiger partial charge in [-0.05, 0) is 42.3 Å². The molecule has 0 radical (unpaired) electrons. The maximum absolute atomic E-state index is 13.2. The van der Waals surface area contributed by atoms with Crippen LogP contribution < -0.4 is 16.4 Å². The monoisotopic (exact) mass is 505 g/mol. The van der Waals surface area contributed by atoms with Crippen molar-refractivity contribution in [3.05, 3.63) is 45.9 Å². The summed E-state index contributed by atoms with van der Waals surface area (Å²) < 4.78 is 68.4. The molecule has 4 N–H and O–H groups in total. The SMILES string of the molecule is C[C@@H](Nc1nc(Cl)nc2c1CN(S(=O)(=O)N1CCNCC1)C2)c1cc(N)cc(C(F)(F)F)c1. The third-order valence-corrected chi connectivity index (χ3v) is 7.71. The predicted octanol–water partition coefficient (Wildman–Crippen LogP) is 2.37. The third-order valence-electron chi connectivity index (χ3n) is 5.61. The Hall–Kier alpha value is -2.19. The van der Waals surface area contributed by atoms with Crippen LogP contribution in [0.2, 0.25) is 5.28 Å². The van der Waals surface area contributed by atoms with Crippen molar-refractivity contribution in [3.63, 3.8) is 0 Å². The van der Waals surface area contributed by atoms with Gasteiger partial charge >= 0.3 is 6.18 Å². The molecule has 3 heterocycles. The van der Waals surface area contributed by atoms with E-state index in [0.717, 1.165) is 12.1 Å². The second-order valence-corrected chi connectivity index (χ2v) is 10.2. The van der Waals surface area contributed by atoms with Gasteiger partial charge in [-0.15, -0.1) is 0 Å². The summed E-state index contributed by atoms with van der Waals surface area (Å²) in [6.45, 7) is 3.57. The quantitative estimate of drug-likeness (QED) is 0.422. The first kappa shape index (κ1) is 24.0. The van der Waals surface area contributed by atoms with E-state index in [4.69, 9.17) is 17.3 Å². The molecule has 1 saturated heterocycles. The van der Waals surface area contributed by atoms with Gasteiger partial charge in [-0.3, -0.25) is 0 Å². The number of halogens is 4. The normalized spacial score (nSPS) is 18.8. The third kappa shape index (κ3) is 5.01. The number of benzene rings is 1. The number of aromatic nitrogens is 2. The molecule has 1 aromatic carbocycles. The number of fused-ring (bicyclic) bond motifs is 1. The molecule has 2 aromatic rings. The highest BCUT2D eigenvalue weighted by molar-refractivity contribution is 7.86. The molecular formula is C19H23ClF3N7O2S. The number of nitrogens with two attached hydrogens (primary N) is 1. The lowest BCUT2D eigenvalue weighted by molar-refractivity contribution is -0.137. The minimum absolute atomic E-state index is 0.0206. The lowest BCUT2D eigenvalue weighted by atomic mass is 10.0. The smallest absolute Gasteiger partial charge is 0.399 e. The first-order valence-electron chi connectivity index (χ1n) is 10.2. The Morgan fingerprint density at radius 2 is 1.85 bits per heavy atom. The zero-order chi connectivity index (χ0) is 24.0. The number of nitrogens with zero attached hydrogens (tertiary/aromatic N) is 4. The van der Waals surface area contributed by atoms with Gasteiger partial charge in [0, 0.05) is 44.0 Å². The number of nitrogens with one attached hydrogen (secondary N) is 2. The fourth-order valence-electron chi connectivity index (χ4n) is 3.90. The van der Waals surface area contributed by atoms with Gasteiger partial charge in [0.1, 0.15) is 5.82 Å². The van der Waals surface area contributed by atoms with Crippen molar-refractivity contribution in [2.75, 3.05) is 37.2 Å². The lowest BCUT2D eigenvalue weighted by Gasteiger charge is -2.30. The summed E-state index contributed by atoms with van der Waals surface area (Å²) in [6, 6.07) is 2.70. The first-order chi connectivity index (χ1) is 15.4. The van der Waals surface area contributed by atoms with Crippen LogP contribution in [0.4, 0.5) is 24.7 Å². The maximum Gasteiger partial charge on any atom is 0.416 e. The molecule has 0 amide bonds. The van der Waals surface area contributed by atoms with Crippen molar-refractivity contribution < 1.29 is 21.6 Å². The van der Waals surface area contributed by atoms with Crippen LogP contribution >= 0.6 is 11.6 Å². The Kier molecular flexibility index (Phi) is 6.44. The van der Waals surface area contributed by atoms with E-state index in [2.05, 4.69) is 20.6 Å². The number of rotatable bonds is 5. The predicted molar refractivity (Wildman–Crippen MR) is 118 cm³/mol. The van der Waals surface area contributed by atoms with Crippen molar-refractivity contribution >= 4 is 33.3 Å². The summed E-state index contributed by atoms with van der Waals surface area (Å²) in [6.07, 6.45) is -4.54. The van der Waals surface area contributed by atoms with Crippen LogP contribution in [0.3, 0.4) is 0 Å². The standard InChI is InChI=1S/C19H23ClF3N7O2S/c1-11(12-6-13(19(21,22)23)8-14(24)7-12)26-17-15-9-30(10-16(15)27-18(20)28-17)33(31,32)29-4-2-25-3-5-29/h6-8,11,25H,2-5,9-10,24H2,1H3,(H,26,27,28)/t11-/m1/s1. The molecule has 0 bridgehead atoms. The van der Waals surface area contributed by atoms with Crippen LogP contribution in [-0.4, -0.2) is 53.2 Å². The van der Waals surface area contributed by atoms with Crippen molar-refractivity contribution in [3.8, 4) is 0 Å². The molecule has 2 aliphatic heterocycles. The van der Waals surface area contributed by atoms with Crippen LogP contribution in [0, 0.1) is 0 Å². The average molecular weight is 506 g/mol. The maximum atomic E-state index is 13.2. The zero-order valence-corrected chi connectivity index (χ0v) is 19.2. The largest absolute Gasteiger partial charge is 0.416 e. The molecule has 180 valence electrons. The molecular weight excluding hydrogens is 483 g/mol. The molecule has 0 spiro atoms. The van der Waals surface area contributed by atoms with Crippen molar-refractivity contribution in [2.45, 2.75) is 32.2 Å². The van der Waals surface area contributed by atoms with Crippen molar-refractivity contribution in [1.29, 1.82) is 0 Å². The van der Waals surface area contributed by atoms with Gasteiger partial charge in [-0.2, -0.15) is 30.2 Å². The number of hydrogen-bond acceptors (Lipinski definition) is 7. The van der Waals surface area contributed by atoms with Crippen LogP contribution in [0.15, 0.2) is 18.2 Å². The molecule has 0 unspecified atom stereocenters. The fourth-order valence-corrected chi connectivity index (χ4v) is 5.63. The van der Waals surface area contributed by atoms with E-state index in [1.165, 1.54) is 14.7 Å². The van der Waals surface area contributed by atoms with E-state index in [0.29, 0.717) is 43.0 Å². The average Bonchev–Trinajstić information content (AvgIpc) is 3.18. The van der Waals surface area contributed by atoms with E-state index in [1.54, 1.807) is 6.92 Å². The van der Waals surface area contributed by atoms with Gasteiger partial charge in [0.05, 0.1) is 23.8 Å². The number of nitrogen functional groups attached to an aromatic ring is 1. The highest BCUT2D eigenvalue weighted by Crippen LogP contribution is 2.35. The van der Waals surface area contributed by atoms with Crippen molar-refractivity contribution in [2.24, 2.45) is 0 Å². The van der Waals surface area contributed by atoms with E-state index in [-0.39, 0.29) is 29.9 Å². The Balaban J connectivity index is 1.59. The van der Waals surface area contributed by atoms with Gasteiger partial charge in [-0.1, -0.05) is 0 Å². The fraction of sp³-hybridized carbons (Fsp3) is 0.474. The molecule has 9 nitrogen and oxygen atoms in total. The van der Waals surface area contributed by atoms with Gasteiger partial charge in [0.25, 0.3) is 10.2 Å². The van der Waals surface area contributed by atoms with Gasteiger partial charge in [0.2, 0.25) is 5.28 Å². The molecule has 0 aliphatic carbocycles. The van der Waals surface area contributed by atoms with Gasteiger partial charge in [-0.25, -0.2) is 9.97 Å². The summed E-state index contributed by atoms with van der Waals surface area (Å²) >= 11 is 6.06. The summed E-state index contributed by atoms with van der Waals surface area (Å²) in [5.74, 6) is 0.270. The Labute approximate surface area is 194 Å². The van der Waals surface area contributed by atoms with Gasteiger partial charge in [0.15, 0.2) is 0 Å². The summed E-state index contributed by atoms with van der Waals surface area (Å²) in [4.78, 5) is 8.35. The second kappa shape index (κ2) is 8.87. The molecule has 1 atom stereocenters. The zero-order valence-electron chi connectivity index (χ0n) is 17.7. The first-order valence-corrected chi connectivity index (χ1v) is 12.0. The van der Waals surface area contributed by atoms with Crippen LogP contribution in [0.5, 0.6) is 0 Å². The minimum atomic E-state index is -4.54. The summed E-state index contributed by atoms with van der Waals surface area (Å²) in [7, 11) is -3.72. The summed E-state index contributed by atoms with van der Waals surface area (Å²) in [5, 5.41) is 6.08. The Morgan fingerprint density at radius 3 is 2.52 bits per heavy atom. The van der Waals surface area contributed by atoms with E-state index in [1.807, 2.05) is 0 Å². The van der Waals surface area contributed by atoms with Crippen molar-refractivity contribution in [1.82, 2.24) is 23.9 Å². The highest BCUT2D eigenvalue weighted by Gasteiger charge is 2.37.